The number of hydrogen-bond donors (Lipinski definition) is 0. The average molecular weight is 353 g/mol. The first-order valence-electron chi connectivity index (χ1n) is 8.84. The molecule has 1 aliphatic rings. The van der Waals surface area contributed by atoms with Gasteiger partial charge in [-0.1, -0.05) is 30.3 Å². The number of aromatic nitrogens is 4. The first kappa shape index (κ1) is 16.9. The molecule has 0 radical (unpaired) electrons. The number of ether oxygens (including phenoxy) is 1. The molecule has 136 valence electrons. The number of hydrogen-bond acceptors (Lipinski definition) is 6. The van der Waals surface area contributed by atoms with Gasteiger partial charge in [0, 0.05) is 24.8 Å². The van der Waals surface area contributed by atoms with Gasteiger partial charge in [-0.3, -0.25) is 4.68 Å². The molecule has 0 amide bonds. The van der Waals surface area contributed by atoms with Crippen molar-refractivity contribution < 1.29 is 9.15 Å². The van der Waals surface area contributed by atoms with Crippen LogP contribution in [0.4, 0.5) is 0 Å². The predicted octanol–water partition coefficient (Wildman–Crippen LogP) is 2.68. The fourth-order valence-corrected chi connectivity index (χ4v) is 3.40. The summed E-state index contributed by atoms with van der Waals surface area (Å²) < 4.78 is 13.6. The van der Waals surface area contributed by atoms with Crippen molar-refractivity contribution >= 4 is 0 Å². The minimum Gasteiger partial charge on any atom is -0.420 e. The summed E-state index contributed by atoms with van der Waals surface area (Å²) in [6.45, 7) is 6.17. The van der Waals surface area contributed by atoms with Gasteiger partial charge in [0.1, 0.15) is 12.6 Å². The Kier molecular flexibility index (Phi) is 4.57. The van der Waals surface area contributed by atoms with Crippen LogP contribution in [0.15, 0.2) is 40.9 Å². The van der Waals surface area contributed by atoms with Crippen LogP contribution in [0, 0.1) is 6.92 Å². The van der Waals surface area contributed by atoms with Gasteiger partial charge in [-0.2, -0.15) is 5.10 Å². The van der Waals surface area contributed by atoms with Gasteiger partial charge in [-0.25, -0.2) is 0 Å². The van der Waals surface area contributed by atoms with E-state index in [1.54, 1.807) is 0 Å². The molecule has 0 unspecified atom stereocenters. The monoisotopic (exact) mass is 353 g/mol. The van der Waals surface area contributed by atoms with Crippen molar-refractivity contribution in [3.63, 3.8) is 0 Å². The Morgan fingerprint density at radius 3 is 2.73 bits per heavy atom. The molecule has 26 heavy (non-hydrogen) atoms. The summed E-state index contributed by atoms with van der Waals surface area (Å²) in [5.41, 5.74) is 3.23. The van der Waals surface area contributed by atoms with Crippen molar-refractivity contribution in [3.8, 4) is 11.1 Å². The van der Waals surface area contributed by atoms with Gasteiger partial charge < -0.3 is 14.1 Å². The highest BCUT2D eigenvalue weighted by Gasteiger charge is 2.28. The first-order valence-corrected chi connectivity index (χ1v) is 8.84. The molecule has 1 aliphatic heterocycles. The van der Waals surface area contributed by atoms with Crippen molar-refractivity contribution in [2.24, 2.45) is 0 Å². The molecule has 4 rings (SSSR count). The van der Waals surface area contributed by atoms with Crippen LogP contribution < -0.4 is 0 Å². The highest BCUT2D eigenvalue weighted by atomic mass is 16.5. The zero-order valence-corrected chi connectivity index (χ0v) is 15.3. The Morgan fingerprint density at radius 2 is 1.96 bits per heavy atom. The third-order valence-electron chi connectivity index (χ3n) is 4.53. The van der Waals surface area contributed by atoms with Gasteiger partial charge >= 0.3 is 0 Å². The molecule has 1 fully saturated rings. The van der Waals surface area contributed by atoms with Gasteiger partial charge in [0.05, 0.1) is 11.8 Å². The van der Waals surface area contributed by atoms with E-state index in [2.05, 4.69) is 46.3 Å². The van der Waals surface area contributed by atoms with Gasteiger partial charge in [-0.15, -0.1) is 10.2 Å². The normalized spacial score (nSPS) is 21.2. The summed E-state index contributed by atoms with van der Waals surface area (Å²) in [7, 11) is 2.07. The summed E-state index contributed by atoms with van der Waals surface area (Å²) in [4.78, 5) is 2.21. The minimum atomic E-state index is -0.177. The Balaban J connectivity index is 1.50. The third kappa shape index (κ3) is 3.54. The van der Waals surface area contributed by atoms with Gasteiger partial charge in [0.2, 0.25) is 11.8 Å². The standard InChI is InChI=1S/C19H23N5O2/c1-13-9-23(3)11-17(25-13)19-21-20-18(26-19)12-24-10-16(14(2)22-24)15-7-5-4-6-8-15/h4-8,10,13,17H,9,11-12H2,1-3H3/t13-,17-/m1/s1. The van der Waals surface area contributed by atoms with Gasteiger partial charge in [0.25, 0.3) is 0 Å². The number of rotatable bonds is 4. The van der Waals surface area contributed by atoms with Crippen LogP contribution >= 0.6 is 0 Å². The summed E-state index contributed by atoms with van der Waals surface area (Å²) in [5, 5.41) is 12.9. The SMILES string of the molecule is Cc1nn(Cc2nnc([C@H]3CN(C)C[C@@H](C)O3)o2)cc1-c1ccccc1. The molecule has 0 spiro atoms. The molecule has 0 saturated carbocycles. The Hall–Kier alpha value is -2.51. The second kappa shape index (κ2) is 7.01. The quantitative estimate of drug-likeness (QED) is 0.718. The Bertz CT molecular complexity index is 863. The zero-order valence-electron chi connectivity index (χ0n) is 15.3. The maximum atomic E-state index is 5.93. The van der Waals surface area contributed by atoms with E-state index in [4.69, 9.17) is 9.15 Å². The lowest BCUT2D eigenvalue weighted by molar-refractivity contribution is -0.0826. The fourth-order valence-electron chi connectivity index (χ4n) is 3.40. The van der Waals surface area contributed by atoms with E-state index in [0.717, 1.165) is 29.9 Å². The highest BCUT2D eigenvalue weighted by molar-refractivity contribution is 5.64. The smallest absolute Gasteiger partial charge is 0.246 e. The third-order valence-corrected chi connectivity index (χ3v) is 4.53. The zero-order chi connectivity index (χ0) is 18.1. The number of aryl methyl sites for hydroxylation is 1. The van der Waals surface area contributed by atoms with Gasteiger partial charge in [-0.05, 0) is 26.5 Å². The second-order valence-corrected chi connectivity index (χ2v) is 6.88. The van der Waals surface area contributed by atoms with Crippen molar-refractivity contribution in [1.82, 2.24) is 24.9 Å². The largest absolute Gasteiger partial charge is 0.420 e. The van der Waals surface area contributed by atoms with Crippen LogP contribution in [0.1, 0.15) is 30.5 Å². The maximum Gasteiger partial charge on any atom is 0.246 e. The van der Waals surface area contributed by atoms with E-state index in [9.17, 15) is 0 Å². The van der Waals surface area contributed by atoms with E-state index in [1.807, 2.05) is 36.0 Å². The summed E-state index contributed by atoms with van der Waals surface area (Å²) >= 11 is 0. The molecule has 3 aromatic rings. The molecule has 7 heteroatoms. The average Bonchev–Trinajstić information content (AvgIpc) is 3.22. The molecule has 1 aromatic carbocycles. The molecule has 7 nitrogen and oxygen atoms in total. The van der Waals surface area contributed by atoms with E-state index in [-0.39, 0.29) is 12.2 Å². The van der Waals surface area contributed by atoms with E-state index < -0.39 is 0 Å². The molecule has 2 aromatic heterocycles. The second-order valence-electron chi connectivity index (χ2n) is 6.88. The van der Waals surface area contributed by atoms with Crippen molar-refractivity contribution in [1.29, 1.82) is 0 Å². The molecular weight excluding hydrogens is 330 g/mol. The van der Waals surface area contributed by atoms with Crippen LogP contribution in [0.3, 0.4) is 0 Å². The first-order chi connectivity index (χ1) is 12.6. The molecule has 0 bridgehead atoms. The molecule has 1 saturated heterocycles. The lowest BCUT2D eigenvalue weighted by Gasteiger charge is -2.32. The minimum absolute atomic E-state index is 0.149. The molecule has 3 heterocycles. The van der Waals surface area contributed by atoms with Crippen molar-refractivity contribution in [3.05, 3.63) is 54.0 Å². The predicted molar refractivity (Wildman–Crippen MR) is 96.6 cm³/mol. The lowest BCUT2D eigenvalue weighted by Crippen LogP contribution is -2.40. The number of morpholine rings is 1. The summed E-state index contributed by atoms with van der Waals surface area (Å²) in [6, 6.07) is 10.2. The topological polar surface area (TPSA) is 69.2 Å². The van der Waals surface area contributed by atoms with E-state index >= 15 is 0 Å². The van der Waals surface area contributed by atoms with E-state index in [1.165, 1.54) is 0 Å². The van der Waals surface area contributed by atoms with Crippen molar-refractivity contribution in [2.75, 3.05) is 20.1 Å². The molecular formula is C19H23N5O2. The van der Waals surface area contributed by atoms with Crippen molar-refractivity contribution in [2.45, 2.75) is 32.6 Å². The Morgan fingerprint density at radius 1 is 1.15 bits per heavy atom. The number of likely N-dealkylation sites (N-methyl/N-ethyl adjacent to an activating group) is 1. The van der Waals surface area contributed by atoms with Crippen LogP contribution in [0.25, 0.3) is 11.1 Å². The molecule has 0 aliphatic carbocycles. The molecule has 0 N–H and O–H groups in total. The summed E-state index contributed by atoms with van der Waals surface area (Å²) in [5.74, 6) is 1.07. The number of nitrogens with zero attached hydrogens (tertiary/aromatic N) is 5. The maximum absolute atomic E-state index is 5.93. The molecule has 2 atom stereocenters. The van der Waals surface area contributed by atoms with Gasteiger partial charge in [0.15, 0.2) is 0 Å². The Labute approximate surface area is 152 Å². The van der Waals surface area contributed by atoms with Crippen LogP contribution in [0.5, 0.6) is 0 Å². The fraction of sp³-hybridized carbons (Fsp3) is 0.421. The number of benzene rings is 1. The lowest BCUT2D eigenvalue weighted by atomic mass is 10.1. The highest BCUT2D eigenvalue weighted by Crippen LogP contribution is 2.25. The van der Waals surface area contributed by atoms with E-state index in [0.29, 0.717) is 18.3 Å². The van der Waals surface area contributed by atoms with Crippen LogP contribution in [-0.4, -0.2) is 51.1 Å². The summed E-state index contributed by atoms with van der Waals surface area (Å²) in [6.07, 6.45) is 1.99. The van der Waals surface area contributed by atoms with Crippen LogP contribution in [0.2, 0.25) is 0 Å². The van der Waals surface area contributed by atoms with Crippen LogP contribution in [-0.2, 0) is 11.3 Å².